The van der Waals surface area contributed by atoms with Crippen molar-refractivity contribution in [1.82, 2.24) is 10.3 Å². The molecule has 1 aromatic heterocycles. The number of methoxy groups -OCH3 is 1. The standard InChI is InChI=1S/C22H28N2O3/c1-16(17-8-4-3-5-9-17)24-22(25)18-12-13-19(23-14-18)15-27-21-11-7-6-10-20(21)26-2/h6-7,10-14,16-17H,3-5,8-9,15H2,1-2H3,(H,24,25)/t16-/m1/s1. The van der Waals surface area contributed by atoms with Gasteiger partial charge in [0.15, 0.2) is 11.5 Å². The van der Waals surface area contributed by atoms with Crippen LogP contribution in [0.15, 0.2) is 42.6 Å². The van der Waals surface area contributed by atoms with Crippen LogP contribution in [0.3, 0.4) is 0 Å². The zero-order valence-corrected chi connectivity index (χ0v) is 16.1. The van der Waals surface area contributed by atoms with E-state index < -0.39 is 0 Å². The van der Waals surface area contributed by atoms with E-state index in [1.165, 1.54) is 32.1 Å². The smallest absolute Gasteiger partial charge is 0.253 e. The molecule has 1 saturated carbocycles. The molecule has 0 spiro atoms. The fourth-order valence-electron chi connectivity index (χ4n) is 3.58. The summed E-state index contributed by atoms with van der Waals surface area (Å²) in [5.74, 6) is 1.89. The molecule has 1 amide bonds. The third-order valence-electron chi connectivity index (χ3n) is 5.25. The van der Waals surface area contributed by atoms with E-state index in [9.17, 15) is 4.79 Å². The Labute approximate surface area is 161 Å². The molecule has 1 N–H and O–H groups in total. The summed E-state index contributed by atoms with van der Waals surface area (Å²) in [6.45, 7) is 2.43. The Kier molecular flexibility index (Phi) is 6.69. The molecule has 27 heavy (non-hydrogen) atoms. The van der Waals surface area contributed by atoms with Crippen LogP contribution in [-0.2, 0) is 6.61 Å². The van der Waals surface area contributed by atoms with E-state index in [0.29, 0.717) is 29.6 Å². The molecule has 0 radical (unpaired) electrons. The summed E-state index contributed by atoms with van der Waals surface area (Å²) >= 11 is 0. The Bertz CT molecular complexity index is 739. The first-order valence-corrected chi connectivity index (χ1v) is 9.69. The number of nitrogens with zero attached hydrogens (tertiary/aromatic N) is 1. The van der Waals surface area contributed by atoms with E-state index in [0.717, 1.165) is 5.69 Å². The van der Waals surface area contributed by atoms with Gasteiger partial charge in [0, 0.05) is 12.2 Å². The van der Waals surface area contributed by atoms with E-state index in [1.807, 2.05) is 30.3 Å². The molecular weight excluding hydrogens is 340 g/mol. The first-order valence-electron chi connectivity index (χ1n) is 9.69. The number of hydrogen-bond acceptors (Lipinski definition) is 4. The van der Waals surface area contributed by atoms with E-state index in [2.05, 4.69) is 17.2 Å². The van der Waals surface area contributed by atoms with Crippen molar-refractivity contribution >= 4 is 5.91 Å². The number of benzene rings is 1. The topological polar surface area (TPSA) is 60.5 Å². The number of ether oxygens (including phenoxy) is 2. The molecule has 1 aromatic carbocycles. The lowest BCUT2D eigenvalue weighted by molar-refractivity contribution is 0.0919. The highest BCUT2D eigenvalue weighted by molar-refractivity contribution is 5.94. The van der Waals surface area contributed by atoms with Gasteiger partial charge in [0.1, 0.15) is 6.61 Å². The van der Waals surface area contributed by atoms with Gasteiger partial charge in [0.05, 0.1) is 18.4 Å². The minimum Gasteiger partial charge on any atom is -0.493 e. The number of amides is 1. The van der Waals surface area contributed by atoms with Gasteiger partial charge in [-0.3, -0.25) is 9.78 Å². The number of pyridine rings is 1. The van der Waals surface area contributed by atoms with Gasteiger partial charge in [-0.1, -0.05) is 31.4 Å². The van der Waals surface area contributed by atoms with Crippen molar-refractivity contribution in [3.8, 4) is 11.5 Å². The third-order valence-corrected chi connectivity index (χ3v) is 5.25. The Morgan fingerprint density at radius 1 is 1.15 bits per heavy atom. The maximum absolute atomic E-state index is 12.5. The zero-order valence-electron chi connectivity index (χ0n) is 16.1. The molecule has 0 aliphatic heterocycles. The summed E-state index contributed by atoms with van der Waals surface area (Å²) < 4.78 is 11.0. The highest BCUT2D eigenvalue weighted by Gasteiger charge is 2.21. The summed E-state index contributed by atoms with van der Waals surface area (Å²) in [7, 11) is 1.61. The van der Waals surface area contributed by atoms with Crippen LogP contribution in [0.5, 0.6) is 11.5 Å². The molecule has 2 aromatic rings. The van der Waals surface area contributed by atoms with Gasteiger partial charge in [0.2, 0.25) is 0 Å². The second kappa shape index (κ2) is 9.40. The molecule has 5 heteroatoms. The van der Waals surface area contributed by atoms with Crippen molar-refractivity contribution in [3.63, 3.8) is 0 Å². The molecule has 1 aliphatic rings. The van der Waals surface area contributed by atoms with Crippen LogP contribution >= 0.6 is 0 Å². The Morgan fingerprint density at radius 2 is 1.89 bits per heavy atom. The van der Waals surface area contributed by atoms with Crippen molar-refractivity contribution in [3.05, 3.63) is 53.9 Å². The van der Waals surface area contributed by atoms with Crippen molar-refractivity contribution in [2.75, 3.05) is 7.11 Å². The lowest BCUT2D eigenvalue weighted by Crippen LogP contribution is -2.38. The van der Waals surface area contributed by atoms with Gasteiger partial charge in [-0.2, -0.15) is 0 Å². The number of hydrogen-bond donors (Lipinski definition) is 1. The van der Waals surface area contributed by atoms with E-state index in [-0.39, 0.29) is 11.9 Å². The van der Waals surface area contributed by atoms with Crippen LogP contribution < -0.4 is 14.8 Å². The summed E-state index contributed by atoms with van der Waals surface area (Å²) in [5, 5.41) is 3.13. The maximum Gasteiger partial charge on any atom is 0.253 e. The molecular formula is C22H28N2O3. The molecule has 1 heterocycles. The van der Waals surface area contributed by atoms with Gasteiger partial charge in [0.25, 0.3) is 5.91 Å². The van der Waals surface area contributed by atoms with Crippen LogP contribution in [0.1, 0.15) is 55.1 Å². The van der Waals surface area contributed by atoms with Crippen LogP contribution in [-0.4, -0.2) is 24.0 Å². The molecule has 144 valence electrons. The fraction of sp³-hybridized carbons (Fsp3) is 0.455. The van der Waals surface area contributed by atoms with Crippen LogP contribution in [0.4, 0.5) is 0 Å². The Morgan fingerprint density at radius 3 is 2.56 bits per heavy atom. The third kappa shape index (κ3) is 5.22. The summed E-state index contributed by atoms with van der Waals surface area (Å²) in [6.07, 6.45) is 7.89. The highest BCUT2D eigenvalue weighted by Crippen LogP contribution is 2.27. The molecule has 0 bridgehead atoms. The van der Waals surface area contributed by atoms with Gasteiger partial charge < -0.3 is 14.8 Å². The first-order chi connectivity index (χ1) is 13.2. The van der Waals surface area contributed by atoms with Crippen molar-refractivity contribution in [2.24, 2.45) is 5.92 Å². The summed E-state index contributed by atoms with van der Waals surface area (Å²) in [5.41, 5.74) is 1.34. The van der Waals surface area contributed by atoms with E-state index in [4.69, 9.17) is 9.47 Å². The number of para-hydroxylation sites is 2. The minimum absolute atomic E-state index is 0.0576. The number of aromatic nitrogens is 1. The minimum atomic E-state index is -0.0576. The van der Waals surface area contributed by atoms with Crippen LogP contribution in [0, 0.1) is 5.92 Å². The molecule has 1 aliphatic carbocycles. The zero-order chi connectivity index (χ0) is 19.1. The summed E-state index contributed by atoms with van der Waals surface area (Å²) in [6, 6.07) is 11.3. The lowest BCUT2D eigenvalue weighted by Gasteiger charge is -2.28. The van der Waals surface area contributed by atoms with E-state index in [1.54, 1.807) is 19.4 Å². The maximum atomic E-state index is 12.5. The van der Waals surface area contributed by atoms with E-state index >= 15 is 0 Å². The Balaban J connectivity index is 1.54. The number of nitrogens with one attached hydrogen (secondary N) is 1. The number of rotatable bonds is 7. The monoisotopic (exact) mass is 368 g/mol. The van der Waals surface area contributed by atoms with Crippen LogP contribution in [0.2, 0.25) is 0 Å². The molecule has 0 saturated heterocycles. The lowest BCUT2D eigenvalue weighted by atomic mass is 9.84. The second-order valence-electron chi connectivity index (χ2n) is 7.14. The molecule has 3 rings (SSSR count). The molecule has 0 unspecified atom stereocenters. The quantitative estimate of drug-likeness (QED) is 0.788. The van der Waals surface area contributed by atoms with Crippen molar-refractivity contribution in [1.29, 1.82) is 0 Å². The number of carbonyl (C=O) groups excluding carboxylic acids is 1. The van der Waals surface area contributed by atoms with Crippen LogP contribution in [0.25, 0.3) is 0 Å². The average molecular weight is 368 g/mol. The predicted molar refractivity (Wildman–Crippen MR) is 105 cm³/mol. The number of carbonyl (C=O) groups is 1. The van der Waals surface area contributed by atoms with Gasteiger partial charge in [-0.05, 0) is 49.9 Å². The summed E-state index contributed by atoms with van der Waals surface area (Å²) in [4.78, 5) is 16.8. The largest absolute Gasteiger partial charge is 0.493 e. The Hall–Kier alpha value is -2.56. The van der Waals surface area contributed by atoms with Crippen molar-refractivity contribution in [2.45, 2.75) is 51.7 Å². The molecule has 1 fully saturated rings. The fourth-order valence-corrected chi connectivity index (χ4v) is 3.58. The van der Waals surface area contributed by atoms with Gasteiger partial charge >= 0.3 is 0 Å². The second-order valence-corrected chi connectivity index (χ2v) is 7.14. The average Bonchev–Trinajstić information content (AvgIpc) is 2.73. The normalized spacial score (nSPS) is 15.8. The van der Waals surface area contributed by atoms with Gasteiger partial charge in [-0.25, -0.2) is 0 Å². The first kappa shape index (κ1) is 19.2. The van der Waals surface area contributed by atoms with Crippen molar-refractivity contribution < 1.29 is 14.3 Å². The predicted octanol–water partition coefficient (Wildman–Crippen LogP) is 4.37. The SMILES string of the molecule is COc1ccccc1OCc1ccc(C(=O)N[C@H](C)C2CCCCC2)cn1. The molecule has 1 atom stereocenters. The highest BCUT2D eigenvalue weighted by atomic mass is 16.5. The van der Waals surface area contributed by atoms with Gasteiger partial charge in [-0.15, -0.1) is 0 Å². The molecule has 5 nitrogen and oxygen atoms in total.